The van der Waals surface area contributed by atoms with E-state index in [9.17, 15) is 4.79 Å². The van der Waals surface area contributed by atoms with E-state index in [1.807, 2.05) is 0 Å². The van der Waals surface area contributed by atoms with Crippen molar-refractivity contribution >= 4 is 28.5 Å². The first-order valence-electron chi connectivity index (χ1n) is 6.57. The van der Waals surface area contributed by atoms with Crippen molar-refractivity contribution in [3.05, 3.63) is 0 Å². The minimum Gasteiger partial charge on any atom is -0.355 e. The second kappa shape index (κ2) is 10.4. The summed E-state index contributed by atoms with van der Waals surface area (Å²) < 4.78 is 0.145. The SMILES string of the molecule is CCCCC(CC)CNC(=O)C(I)CCC. The molecule has 0 saturated heterocycles. The molecule has 0 fully saturated rings. The Morgan fingerprint density at radius 3 is 2.38 bits per heavy atom. The average Bonchev–Trinajstić information content (AvgIpc) is 2.29. The number of rotatable bonds is 9. The Morgan fingerprint density at radius 2 is 1.88 bits per heavy atom. The van der Waals surface area contributed by atoms with Crippen molar-refractivity contribution in [2.45, 2.75) is 63.2 Å². The van der Waals surface area contributed by atoms with Gasteiger partial charge in [0.25, 0.3) is 0 Å². The van der Waals surface area contributed by atoms with Crippen LogP contribution in [0.1, 0.15) is 59.3 Å². The lowest BCUT2D eigenvalue weighted by Gasteiger charge is -2.16. The van der Waals surface area contributed by atoms with Crippen molar-refractivity contribution in [2.75, 3.05) is 6.54 Å². The van der Waals surface area contributed by atoms with Gasteiger partial charge in [0.05, 0.1) is 3.92 Å². The fraction of sp³-hybridized carbons (Fsp3) is 0.923. The second-order valence-corrected chi connectivity index (χ2v) is 5.92. The molecule has 1 amide bonds. The quantitative estimate of drug-likeness (QED) is 0.501. The maximum absolute atomic E-state index is 11.7. The number of amides is 1. The molecule has 0 heterocycles. The van der Waals surface area contributed by atoms with E-state index in [-0.39, 0.29) is 9.83 Å². The van der Waals surface area contributed by atoms with Crippen LogP contribution in [0, 0.1) is 5.92 Å². The molecule has 0 radical (unpaired) electrons. The molecule has 0 saturated carbocycles. The summed E-state index contributed by atoms with van der Waals surface area (Å²) in [5, 5.41) is 3.08. The van der Waals surface area contributed by atoms with E-state index in [1.165, 1.54) is 25.7 Å². The van der Waals surface area contributed by atoms with E-state index >= 15 is 0 Å². The van der Waals surface area contributed by atoms with Crippen molar-refractivity contribution in [1.29, 1.82) is 0 Å². The number of unbranched alkanes of at least 4 members (excludes halogenated alkanes) is 1. The van der Waals surface area contributed by atoms with Gasteiger partial charge in [-0.2, -0.15) is 0 Å². The second-order valence-electron chi connectivity index (χ2n) is 4.42. The maximum Gasteiger partial charge on any atom is 0.232 e. The molecular formula is C13H26INO. The third-order valence-electron chi connectivity index (χ3n) is 2.93. The molecule has 0 aromatic heterocycles. The van der Waals surface area contributed by atoms with Gasteiger partial charge in [0, 0.05) is 6.54 Å². The largest absolute Gasteiger partial charge is 0.355 e. The lowest BCUT2D eigenvalue weighted by atomic mass is 9.99. The summed E-state index contributed by atoms with van der Waals surface area (Å²) in [5.41, 5.74) is 0. The average molecular weight is 339 g/mol. The third-order valence-corrected chi connectivity index (χ3v) is 4.12. The Kier molecular flexibility index (Phi) is 10.5. The van der Waals surface area contributed by atoms with Gasteiger partial charge in [0.1, 0.15) is 0 Å². The summed E-state index contributed by atoms with van der Waals surface area (Å²) in [6.45, 7) is 7.40. The zero-order valence-corrected chi connectivity index (χ0v) is 13.0. The van der Waals surface area contributed by atoms with E-state index in [1.54, 1.807) is 0 Å². The Labute approximate surface area is 114 Å². The van der Waals surface area contributed by atoms with Gasteiger partial charge < -0.3 is 5.32 Å². The van der Waals surface area contributed by atoms with Crippen LogP contribution in [0.15, 0.2) is 0 Å². The molecule has 0 spiro atoms. The zero-order chi connectivity index (χ0) is 12.4. The summed E-state index contributed by atoms with van der Waals surface area (Å²) >= 11 is 2.24. The van der Waals surface area contributed by atoms with E-state index < -0.39 is 0 Å². The van der Waals surface area contributed by atoms with Crippen LogP contribution in [0.2, 0.25) is 0 Å². The predicted octanol–water partition coefficient (Wildman–Crippen LogP) is 3.92. The summed E-state index contributed by atoms with van der Waals surface area (Å²) in [6.07, 6.45) is 6.99. The Bertz CT molecular complexity index is 185. The lowest BCUT2D eigenvalue weighted by molar-refractivity contribution is -0.120. The number of halogens is 1. The fourth-order valence-corrected chi connectivity index (χ4v) is 2.53. The smallest absolute Gasteiger partial charge is 0.232 e. The highest BCUT2D eigenvalue weighted by atomic mass is 127. The predicted molar refractivity (Wildman–Crippen MR) is 79.0 cm³/mol. The van der Waals surface area contributed by atoms with Crippen LogP contribution < -0.4 is 5.32 Å². The Hall–Kier alpha value is 0.200. The van der Waals surface area contributed by atoms with Crippen LogP contribution in [0.3, 0.4) is 0 Å². The van der Waals surface area contributed by atoms with E-state index in [2.05, 4.69) is 48.7 Å². The first-order valence-corrected chi connectivity index (χ1v) is 7.81. The van der Waals surface area contributed by atoms with Gasteiger partial charge in [-0.3, -0.25) is 4.79 Å². The molecule has 2 nitrogen and oxygen atoms in total. The number of hydrogen-bond donors (Lipinski definition) is 1. The molecular weight excluding hydrogens is 313 g/mol. The topological polar surface area (TPSA) is 29.1 Å². The van der Waals surface area contributed by atoms with Gasteiger partial charge in [-0.1, -0.05) is 69.0 Å². The van der Waals surface area contributed by atoms with Crippen molar-refractivity contribution < 1.29 is 4.79 Å². The van der Waals surface area contributed by atoms with Gasteiger partial charge in [-0.05, 0) is 18.8 Å². The summed E-state index contributed by atoms with van der Waals surface area (Å²) in [4.78, 5) is 11.7. The Balaban J connectivity index is 3.78. The van der Waals surface area contributed by atoms with Crippen molar-refractivity contribution in [2.24, 2.45) is 5.92 Å². The van der Waals surface area contributed by atoms with Crippen molar-refractivity contribution in [3.63, 3.8) is 0 Å². The number of nitrogens with one attached hydrogen (secondary N) is 1. The van der Waals surface area contributed by atoms with Gasteiger partial charge in [0.2, 0.25) is 5.91 Å². The van der Waals surface area contributed by atoms with E-state index in [4.69, 9.17) is 0 Å². The van der Waals surface area contributed by atoms with E-state index in [0.717, 1.165) is 19.4 Å². The summed E-state index contributed by atoms with van der Waals surface area (Å²) in [7, 11) is 0. The monoisotopic (exact) mass is 339 g/mol. The summed E-state index contributed by atoms with van der Waals surface area (Å²) in [6, 6.07) is 0. The summed E-state index contributed by atoms with van der Waals surface area (Å²) in [5.74, 6) is 0.881. The minimum atomic E-state index is 0.145. The number of alkyl halides is 1. The van der Waals surface area contributed by atoms with Gasteiger partial charge in [-0.15, -0.1) is 0 Å². The molecule has 0 aromatic carbocycles. The third kappa shape index (κ3) is 7.47. The van der Waals surface area contributed by atoms with Gasteiger partial charge >= 0.3 is 0 Å². The molecule has 0 rings (SSSR count). The van der Waals surface area contributed by atoms with Gasteiger partial charge in [-0.25, -0.2) is 0 Å². The number of carbonyl (C=O) groups is 1. The molecule has 0 aliphatic carbocycles. The first kappa shape index (κ1) is 16.2. The highest BCUT2D eigenvalue weighted by Gasteiger charge is 2.14. The lowest BCUT2D eigenvalue weighted by Crippen LogP contribution is -2.34. The van der Waals surface area contributed by atoms with Crippen molar-refractivity contribution in [1.82, 2.24) is 5.32 Å². The molecule has 0 aliphatic heterocycles. The van der Waals surface area contributed by atoms with Crippen LogP contribution in [0.25, 0.3) is 0 Å². The van der Waals surface area contributed by atoms with Gasteiger partial charge in [0.15, 0.2) is 0 Å². The molecule has 2 atom stereocenters. The molecule has 0 aromatic rings. The number of hydrogen-bond acceptors (Lipinski definition) is 1. The number of carbonyl (C=O) groups excluding carboxylic acids is 1. The highest BCUT2D eigenvalue weighted by Crippen LogP contribution is 2.13. The van der Waals surface area contributed by atoms with Crippen LogP contribution in [0.5, 0.6) is 0 Å². The molecule has 1 N–H and O–H groups in total. The standard InChI is InChI=1S/C13H26INO/c1-4-7-9-11(6-3)10-15-13(16)12(14)8-5-2/h11-12H,4-10H2,1-3H3,(H,15,16). The first-order chi connectivity index (χ1) is 7.65. The van der Waals surface area contributed by atoms with Crippen LogP contribution >= 0.6 is 22.6 Å². The molecule has 2 unspecified atom stereocenters. The highest BCUT2D eigenvalue weighted by molar-refractivity contribution is 14.1. The molecule has 96 valence electrons. The molecule has 0 aliphatic rings. The van der Waals surface area contributed by atoms with Crippen molar-refractivity contribution in [3.8, 4) is 0 Å². The maximum atomic E-state index is 11.7. The molecule has 3 heteroatoms. The minimum absolute atomic E-state index is 0.145. The normalized spacial score (nSPS) is 14.5. The van der Waals surface area contributed by atoms with E-state index in [0.29, 0.717) is 5.92 Å². The van der Waals surface area contributed by atoms with Crippen LogP contribution in [-0.2, 0) is 4.79 Å². The molecule has 0 bridgehead atoms. The fourth-order valence-electron chi connectivity index (χ4n) is 1.68. The Morgan fingerprint density at radius 1 is 1.19 bits per heavy atom. The zero-order valence-electron chi connectivity index (χ0n) is 10.9. The molecule has 16 heavy (non-hydrogen) atoms. The van der Waals surface area contributed by atoms with Crippen LogP contribution in [0.4, 0.5) is 0 Å². The van der Waals surface area contributed by atoms with Crippen LogP contribution in [-0.4, -0.2) is 16.4 Å².